The van der Waals surface area contributed by atoms with Crippen molar-refractivity contribution in [3.63, 3.8) is 0 Å². The van der Waals surface area contributed by atoms with Gasteiger partial charge in [0.05, 0.1) is 16.2 Å². The molecule has 0 bridgehead atoms. The Morgan fingerprint density at radius 1 is 1.16 bits per heavy atom. The molecule has 2 N–H and O–H groups in total. The fourth-order valence-electron chi connectivity index (χ4n) is 1.94. The van der Waals surface area contributed by atoms with Gasteiger partial charge in [-0.25, -0.2) is 4.39 Å². The minimum Gasteiger partial charge on any atom is -0.358 e. The SMILES string of the molecule is O=[N+]([O-])c1ccc(NC(=S)NCc2ccc(F)cc2)c(C(F)(F)F)c1. The van der Waals surface area contributed by atoms with Crippen molar-refractivity contribution in [3.05, 3.63) is 69.5 Å². The van der Waals surface area contributed by atoms with E-state index in [0.29, 0.717) is 11.6 Å². The number of hydrogen-bond acceptors (Lipinski definition) is 3. The predicted octanol–water partition coefficient (Wildman–Crippen LogP) is 4.24. The summed E-state index contributed by atoms with van der Waals surface area (Å²) in [6.45, 7) is 0.167. The third-order valence-corrected chi connectivity index (χ3v) is 3.38. The molecular formula is C15H11F4N3O2S. The van der Waals surface area contributed by atoms with Crippen molar-refractivity contribution in [2.75, 3.05) is 5.32 Å². The van der Waals surface area contributed by atoms with Crippen LogP contribution >= 0.6 is 12.2 Å². The number of alkyl halides is 3. The van der Waals surface area contributed by atoms with E-state index in [9.17, 15) is 27.7 Å². The van der Waals surface area contributed by atoms with Crippen molar-refractivity contribution in [3.8, 4) is 0 Å². The van der Waals surface area contributed by atoms with Gasteiger partial charge in [-0.15, -0.1) is 0 Å². The lowest BCUT2D eigenvalue weighted by Gasteiger charge is -2.15. The third kappa shape index (κ3) is 5.11. The van der Waals surface area contributed by atoms with Crippen LogP contribution in [0.4, 0.5) is 28.9 Å². The molecule has 132 valence electrons. The second-order valence-corrected chi connectivity index (χ2v) is 5.33. The summed E-state index contributed by atoms with van der Waals surface area (Å²) in [6, 6.07) is 7.80. The van der Waals surface area contributed by atoms with Gasteiger partial charge in [0.1, 0.15) is 5.82 Å². The molecule has 0 heterocycles. The van der Waals surface area contributed by atoms with Crippen LogP contribution in [-0.4, -0.2) is 10.0 Å². The number of halogens is 4. The smallest absolute Gasteiger partial charge is 0.358 e. The van der Waals surface area contributed by atoms with Gasteiger partial charge in [-0.05, 0) is 36.0 Å². The summed E-state index contributed by atoms with van der Waals surface area (Å²) in [5.41, 5.74) is -1.62. The van der Waals surface area contributed by atoms with Crippen molar-refractivity contribution in [2.45, 2.75) is 12.7 Å². The maximum absolute atomic E-state index is 13.1. The molecule has 2 rings (SSSR count). The molecule has 2 aromatic rings. The molecule has 0 fully saturated rings. The van der Waals surface area contributed by atoms with E-state index >= 15 is 0 Å². The van der Waals surface area contributed by atoms with Crippen LogP contribution in [0.3, 0.4) is 0 Å². The Balaban J connectivity index is 2.11. The minimum atomic E-state index is -4.79. The summed E-state index contributed by atoms with van der Waals surface area (Å²) in [5.74, 6) is -0.412. The van der Waals surface area contributed by atoms with Crippen LogP contribution in [0.5, 0.6) is 0 Å². The second kappa shape index (κ2) is 7.43. The van der Waals surface area contributed by atoms with Gasteiger partial charge in [0.2, 0.25) is 0 Å². The molecular weight excluding hydrogens is 362 g/mol. The number of non-ortho nitro benzene ring substituents is 1. The summed E-state index contributed by atoms with van der Waals surface area (Å²) in [6.07, 6.45) is -4.79. The van der Waals surface area contributed by atoms with Gasteiger partial charge in [0.15, 0.2) is 5.11 Å². The summed E-state index contributed by atoms with van der Waals surface area (Å²) in [4.78, 5) is 9.74. The second-order valence-electron chi connectivity index (χ2n) is 4.92. The fourth-order valence-corrected chi connectivity index (χ4v) is 2.12. The fraction of sp³-hybridized carbons (Fsp3) is 0.133. The van der Waals surface area contributed by atoms with Gasteiger partial charge in [-0.3, -0.25) is 10.1 Å². The molecule has 0 aliphatic heterocycles. The minimum absolute atomic E-state index is 0.108. The molecule has 0 saturated heterocycles. The van der Waals surface area contributed by atoms with E-state index in [2.05, 4.69) is 10.6 Å². The summed E-state index contributed by atoms with van der Waals surface area (Å²) < 4.78 is 52.0. The van der Waals surface area contributed by atoms with E-state index in [1.165, 1.54) is 24.3 Å². The topological polar surface area (TPSA) is 67.2 Å². The number of hydrogen-bond donors (Lipinski definition) is 2. The van der Waals surface area contributed by atoms with Crippen molar-refractivity contribution in [1.82, 2.24) is 5.32 Å². The summed E-state index contributed by atoms with van der Waals surface area (Å²) in [7, 11) is 0. The Bertz CT molecular complexity index is 794. The number of thiocarbonyl (C=S) groups is 1. The van der Waals surface area contributed by atoms with Gasteiger partial charge in [-0.1, -0.05) is 12.1 Å². The largest absolute Gasteiger partial charge is 0.418 e. The highest BCUT2D eigenvalue weighted by molar-refractivity contribution is 7.80. The average Bonchev–Trinajstić information content (AvgIpc) is 2.53. The highest BCUT2D eigenvalue weighted by Crippen LogP contribution is 2.37. The van der Waals surface area contributed by atoms with Crippen molar-refractivity contribution >= 4 is 28.7 Å². The highest BCUT2D eigenvalue weighted by Gasteiger charge is 2.35. The number of nitro benzene ring substituents is 1. The number of nitrogens with one attached hydrogen (secondary N) is 2. The molecule has 0 spiro atoms. The Labute approximate surface area is 144 Å². The van der Waals surface area contributed by atoms with Gasteiger partial charge in [-0.2, -0.15) is 13.2 Å². The van der Waals surface area contributed by atoms with E-state index in [0.717, 1.165) is 12.1 Å². The molecule has 0 aliphatic carbocycles. The first-order valence-electron chi connectivity index (χ1n) is 6.82. The quantitative estimate of drug-likeness (QED) is 0.363. The maximum atomic E-state index is 13.1. The molecule has 2 aromatic carbocycles. The Morgan fingerprint density at radius 3 is 2.36 bits per heavy atom. The molecule has 0 aromatic heterocycles. The first kappa shape index (κ1) is 18.6. The van der Waals surface area contributed by atoms with Crippen LogP contribution < -0.4 is 10.6 Å². The van der Waals surface area contributed by atoms with Crippen LogP contribution in [0.1, 0.15) is 11.1 Å². The summed E-state index contributed by atoms with van der Waals surface area (Å²) >= 11 is 4.93. The lowest BCUT2D eigenvalue weighted by molar-refractivity contribution is -0.385. The van der Waals surface area contributed by atoms with E-state index in [4.69, 9.17) is 12.2 Å². The zero-order valence-electron chi connectivity index (χ0n) is 12.4. The molecule has 0 atom stereocenters. The van der Waals surface area contributed by atoms with E-state index in [-0.39, 0.29) is 11.7 Å². The van der Waals surface area contributed by atoms with Gasteiger partial charge in [0.25, 0.3) is 5.69 Å². The number of rotatable bonds is 4. The van der Waals surface area contributed by atoms with Crippen molar-refractivity contribution in [1.29, 1.82) is 0 Å². The highest BCUT2D eigenvalue weighted by atomic mass is 32.1. The van der Waals surface area contributed by atoms with Crippen molar-refractivity contribution in [2.24, 2.45) is 0 Å². The Hall–Kier alpha value is -2.75. The van der Waals surface area contributed by atoms with Crippen LogP contribution in [0.25, 0.3) is 0 Å². The van der Waals surface area contributed by atoms with Crippen molar-refractivity contribution < 1.29 is 22.5 Å². The monoisotopic (exact) mass is 373 g/mol. The Kier molecular flexibility index (Phi) is 5.52. The molecule has 0 amide bonds. The average molecular weight is 373 g/mol. The third-order valence-electron chi connectivity index (χ3n) is 3.13. The van der Waals surface area contributed by atoms with Crippen LogP contribution in [-0.2, 0) is 12.7 Å². The lowest BCUT2D eigenvalue weighted by Crippen LogP contribution is -2.29. The van der Waals surface area contributed by atoms with Gasteiger partial charge < -0.3 is 10.6 Å². The molecule has 25 heavy (non-hydrogen) atoms. The molecule has 10 heteroatoms. The number of benzene rings is 2. The maximum Gasteiger partial charge on any atom is 0.418 e. The summed E-state index contributed by atoms with van der Waals surface area (Å²) in [5, 5.41) is 15.6. The Morgan fingerprint density at radius 2 is 1.80 bits per heavy atom. The molecule has 0 radical (unpaired) electrons. The number of nitrogens with zero attached hydrogens (tertiary/aromatic N) is 1. The first-order valence-corrected chi connectivity index (χ1v) is 7.22. The lowest BCUT2D eigenvalue weighted by atomic mass is 10.1. The normalized spacial score (nSPS) is 11.0. The predicted molar refractivity (Wildman–Crippen MR) is 87.6 cm³/mol. The standard InChI is InChI=1S/C15H11F4N3O2S/c16-10-3-1-9(2-4-10)8-20-14(25)21-13-6-5-11(22(23)24)7-12(13)15(17,18)19/h1-7H,8H2,(H2,20,21,25). The van der Waals surface area contributed by atoms with Crippen LogP contribution in [0.2, 0.25) is 0 Å². The zero-order chi connectivity index (χ0) is 18.6. The molecule has 0 aliphatic rings. The van der Waals surface area contributed by atoms with Crippen LogP contribution in [0.15, 0.2) is 42.5 Å². The molecule has 5 nitrogen and oxygen atoms in total. The zero-order valence-corrected chi connectivity index (χ0v) is 13.2. The van der Waals surface area contributed by atoms with E-state index < -0.39 is 33.9 Å². The number of anilines is 1. The van der Waals surface area contributed by atoms with Gasteiger partial charge >= 0.3 is 6.18 Å². The number of nitro groups is 1. The van der Waals surface area contributed by atoms with E-state index in [1.54, 1.807) is 0 Å². The molecule has 0 saturated carbocycles. The van der Waals surface area contributed by atoms with Gasteiger partial charge in [0, 0.05) is 18.7 Å². The first-order chi connectivity index (χ1) is 11.7. The molecule has 0 unspecified atom stereocenters. The van der Waals surface area contributed by atoms with Crippen LogP contribution in [0, 0.1) is 15.9 Å². The van der Waals surface area contributed by atoms with E-state index in [1.807, 2.05) is 0 Å².